The minimum absolute atomic E-state index is 0.0791. The van der Waals surface area contributed by atoms with Crippen LogP contribution in [0.3, 0.4) is 0 Å². The molecule has 1 N–H and O–H groups in total. The second-order valence-corrected chi connectivity index (χ2v) is 6.39. The van der Waals surface area contributed by atoms with Crippen LogP contribution in [0.2, 0.25) is 10.0 Å². The van der Waals surface area contributed by atoms with Crippen molar-refractivity contribution in [2.24, 2.45) is 0 Å². The van der Waals surface area contributed by atoms with Gasteiger partial charge in [-0.2, -0.15) is 5.10 Å². The van der Waals surface area contributed by atoms with Crippen LogP contribution in [-0.4, -0.2) is 44.8 Å². The summed E-state index contributed by atoms with van der Waals surface area (Å²) in [6.45, 7) is 1.27. The predicted octanol–water partition coefficient (Wildman–Crippen LogP) is 3.50. The van der Waals surface area contributed by atoms with Gasteiger partial charge in [0, 0.05) is 13.1 Å². The van der Waals surface area contributed by atoms with E-state index in [1.54, 1.807) is 17.0 Å². The number of halogens is 2. The standard InChI is InChI=1S/C16H15Cl2N3O3/c17-12-5-4-10(8-13(12)18)21-14(16(23)24)11(9-19-21)15(22)20-6-2-1-3-7-20/h4-5,8-9H,1-3,6-7H2,(H,23,24). The summed E-state index contributed by atoms with van der Waals surface area (Å²) >= 11 is 11.9. The maximum Gasteiger partial charge on any atom is 0.355 e. The number of hydrogen-bond acceptors (Lipinski definition) is 3. The minimum Gasteiger partial charge on any atom is -0.476 e. The van der Waals surface area contributed by atoms with Crippen molar-refractivity contribution in [1.82, 2.24) is 14.7 Å². The predicted molar refractivity (Wildman–Crippen MR) is 90.3 cm³/mol. The second-order valence-electron chi connectivity index (χ2n) is 5.58. The molecule has 1 aliphatic rings. The van der Waals surface area contributed by atoms with E-state index in [0.717, 1.165) is 19.3 Å². The molecule has 0 aliphatic carbocycles. The van der Waals surface area contributed by atoms with Gasteiger partial charge in [-0.1, -0.05) is 23.2 Å². The Morgan fingerprint density at radius 3 is 2.42 bits per heavy atom. The number of aromatic carboxylic acids is 1. The molecule has 0 atom stereocenters. The van der Waals surface area contributed by atoms with Crippen molar-refractivity contribution in [2.45, 2.75) is 19.3 Å². The molecule has 24 heavy (non-hydrogen) atoms. The Kier molecular flexibility index (Phi) is 4.78. The Bertz CT molecular complexity index is 798. The van der Waals surface area contributed by atoms with Crippen molar-refractivity contribution >= 4 is 35.1 Å². The molecule has 0 radical (unpaired) electrons. The molecule has 3 rings (SSSR count). The summed E-state index contributed by atoms with van der Waals surface area (Å²) < 4.78 is 1.20. The van der Waals surface area contributed by atoms with E-state index in [9.17, 15) is 14.7 Å². The van der Waals surface area contributed by atoms with E-state index in [1.165, 1.54) is 16.9 Å². The fraction of sp³-hybridized carbons (Fsp3) is 0.312. The maximum absolute atomic E-state index is 12.7. The number of aromatic nitrogens is 2. The highest BCUT2D eigenvalue weighted by Gasteiger charge is 2.28. The summed E-state index contributed by atoms with van der Waals surface area (Å²) in [4.78, 5) is 26.1. The molecule has 0 bridgehead atoms. The van der Waals surface area contributed by atoms with Crippen LogP contribution < -0.4 is 0 Å². The number of carboxylic acids is 1. The summed E-state index contributed by atoms with van der Waals surface area (Å²) in [6, 6.07) is 4.67. The minimum atomic E-state index is -1.22. The first kappa shape index (κ1) is 16.8. The molecular weight excluding hydrogens is 353 g/mol. The molecule has 1 saturated heterocycles. The lowest BCUT2D eigenvalue weighted by Crippen LogP contribution is -2.36. The highest BCUT2D eigenvalue weighted by Crippen LogP contribution is 2.26. The molecule has 1 aromatic heterocycles. The third kappa shape index (κ3) is 3.12. The van der Waals surface area contributed by atoms with E-state index >= 15 is 0 Å². The third-order valence-corrected chi connectivity index (χ3v) is 4.73. The van der Waals surface area contributed by atoms with Crippen LogP contribution in [0.15, 0.2) is 24.4 Å². The van der Waals surface area contributed by atoms with E-state index in [1.807, 2.05) is 0 Å². The van der Waals surface area contributed by atoms with Gasteiger partial charge >= 0.3 is 5.97 Å². The van der Waals surface area contributed by atoms with Gasteiger partial charge < -0.3 is 10.0 Å². The van der Waals surface area contributed by atoms with Gasteiger partial charge in [0.2, 0.25) is 0 Å². The molecule has 0 spiro atoms. The van der Waals surface area contributed by atoms with Gasteiger partial charge in [-0.25, -0.2) is 9.48 Å². The zero-order valence-electron chi connectivity index (χ0n) is 12.7. The van der Waals surface area contributed by atoms with Crippen molar-refractivity contribution in [3.05, 3.63) is 45.7 Å². The van der Waals surface area contributed by atoms with Crippen molar-refractivity contribution in [1.29, 1.82) is 0 Å². The second kappa shape index (κ2) is 6.83. The Labute approximate surface area is 148 Å². The van der Waals surface area contributed by atoms with Gasteiger partial charge in [-0.15, -0.1) is 0 Å². The van der Waals surface area contributed by atoms with Crippen LogP contribution in [0.25, 0.3) is 5.69 Å². The average Bonchev–Trinajstić information content (AvgIpc) is 3.02. The number of rotatable bonds is 3. The first-order valence-corrected chi connectivity index (χ1v) is 8.30. The summed E-state index contributed by atoms with van der Waals surface area (Å²) in [5, 5.41) is 14.3. The number of carbonyl (C=O) groups is 2. The van der Waals surface area contributed by atoms with Crippen LogP contribution >= 0.6 is 23.2 Å². The number of carbonyl (C=O) groups excluding carboxylic acids is 1. The van der Waals surface area contributed by atoms with Gasteiger partial charge in [0.1, 0.15) is 0 Å². The molecule has 1 aromatic carbocycles. The Balaban J connectivity index is 2.03. The molecule has 0 saturated carbocycles. The van der Waals surface area contributed by atoms with Gasteiger partial charge in [0.25, 0.3) is 5.91 Å². The molecular formula is C16H15Cl2N3O3. The van der Waals surface area contributed by atoms with E-state index in [-0.39, 0.29) is 22.2 Å². The van der Waals surface area contributed by atoms with Gasteiger partial charge in [0.15, 0.2) is 5.69 Å². The molecule has 8 heteroatoms. The lowest BCUT2D eigenvalue weighted by Gasteiger charge is -2.26. The number of amides is 1. The molecule has 2 aromatic rings. The third-order valence-electron chi connectivity index (χ3n) is 3.99. The molecule has 6 nitrogen and oxygen atoms in total. The number of benzene rings is 1. The zero-order valence-corrected chi connectivity index (χ0v) is 14.2. The molecule has 1 fully saturated rings. The van der Waals surface area contributed by atoms with E-state index in [0.29, 0.717) is 23.8 Å². The largest absolute Gasteiger partial charge is 0.476 e. The van der Waals surface area contributed by atoms with Crippen molar-refractivity contribution in [3.63, 3.8) is 0 Å². The highest BCUT2D eigenvalue weighted by atomic mass is 35.5. The molecule has 0 unspecified atom stereocenters. The summed E-state index contributed by atoms with van der Waals surface area (Å²) in [7, 11) is 0. The fourth-order valence-corrected chi connectivity index (χ4v) is 3.08. The number of piperidine rings is 1. The van der Waals surface area contributed by atoms with Crippen LogP contribution in [0, 0.1) is 0 Å². The number of carboxylic acid groups (broad SMARTS) is 1. The number of hydrogen-bond donors (Lipinski definition) is 1. The highest BCUT2D eigenvalue weighted by molar-refractivity contribution is 6.42. The maximum atomic E-state index is 12.7. The Morgan fingerprint density at radius 2 is 1.79 bits per heavy atom. The summed E-state index contributed by atoms with van der Waals surface area (Å²) in [5.41, 5.74) is 0.332. The summed E-state index contributed by atoms with van der Waals surface area (Å²) in [5.74, 6) is -1.53. The fourth-order valence-electron chi connectivity index (χ4n) is 2.79. The van der Waals surface area contributed by atoms with E-state index < -0.39 is 5.97 Å². The number of nitrogens with zero attached hydrogens (tertiary/aromatic N) is 3. The molecule has 1 amide bonds. The lowest BCUT2D eigenvalue weighted by molar-refractivity contribution is 0.0659. The van der Waals surface area contributed by atoms with Crippen molar-refractivity contribution in [2.75, 3.05) is 13.1 Å². The smallest absolute Gasteiger partial charge is 0.355 e. The average molecular weight is 368 g/mol. The zero-order chi connectivity index (χ0) is 17.3. The quantitative estimate of drug-likeness (QED) is 0.900. The lowest BCUT2D eigenvalue weighted by atomic mass is 10.1. The van der Waals surface area contributed by atoms with E-state index in [2.05, 4.69) is 5.10 Å². The SMILES string of the molecule is O=C(O)c1c(C(=O)N2CCCCC2)cnn1-c1ccc(Cl)c(Cl)c1. The molecule has 2 heterocycles. The molecule has 1 aliphatic heterocycles. The van der Waals surface area contributed by atoms with Crippen LogP contribution in [-0.2, 0) is 0 Å². The Hall–Kier alpha value is -2.05. The van der Waals surface area contributed by atoms with Gasteiger partial charge in [-0.3, -0.25) is 4.79 Å². The van der Waals surface area contributed by atoms with Crippen LogP contribution in [0.1, 0.15) is 40.1 Å². The molecule has 126 valence electrons. The van der Waals surface area contributed by atoms with E-state index in [4.69, 9.17) is 23.2 Å². The van der Waals surface area contributed by atoms with Gasteiger partial charge in [-0.05, 0) is 37.5 Å². The van der Waals surface area contributed by atoms with Crippen molar-refractivity contribution in [3.8, 4) is 5.69 Å². The monoisotopic (exact) mass is 367 g/mol. The van der Waals surface area contributed by atoms with Gasteiger partial charge in [0.05, 0.1) is 27.5 Å². The first-order chi connectivity index (χ1) is 11.5. The van der Waals surface area contributed by atoms with Crippen molar-refractivity contribution < 1.29 is 14.7 Å². The normalized spacial score (nSPS) is 14.7. The van der Waals surface area contributed by atoms with Crippen LogP contribution in [0.5, 0.6) is 0 Å². The number of likely N-dealkylation sites (tertiary alicyclic amines) is 1. The topological polar surface area (TPSA) is 75.4 Å². The Morgan fingerprint density at radius 1 is 1.08 bits per heavy atom. The van der Waals surface area contributed by atoms with Crippen LogP contribution in [0.4, 0.5) is 0 Å². The summed E-state index contributed by atoms with van der Waals surface area (Å²) in [6.07, 6.45) is 4.23. The first-order valence-electron chi connectivity index (χ1n) is 7.55.